The van der Waals surface area contributed by atoms with E-state index >= 15 is 0 Å². The molecule has 0 saturated heterocycles. The first-order valence-corrected chi connectivity index (χ1v) is 11.0. The van der Waals surface area contributed by atoms with Gasteiger partial charge in [-0.3, -0.25) is 4.79 Å². The lowest BCUT2D eigenvalue weighted by molar-refractivity contribution is 0.0848. The number of methoxy groups -OCH3 is 3. The zero-order valence-corrected chi connectivity index (χ0v) is 19.6. The maximum absolute atomic E-state index is 13.3. The molecule has 1 aliphatic heterocycles. The van der Waals surface area contributed by atoms with Crippen molar-refractivity contribution in [3.63, 3.8) is 0 Å². The summed E-state index contributed by atoms with van der Waals surface area (Å²) < 4.78 is 28.5. The van der Waals surface area contributed by atoms with Gasteiger partial charge in [-0.1, -0.05) is 13.3 Å². The van der Waals surface area contributed by atoms with E-state index in [1.165, 1.54) is 20.3 Å². The molecule has 174 valence electrons. The van der Waals surface area contributed by atoms with E-state index in [0.717, 1.165) is 24.0 Å². The van der Waals surface area contributed by atoms with Crippen LogP contribution >= 0.6 is 0 Å². The van der Waals surface area contributed by atoms with E-state index in [1.807, 2.05) is 13.0 Å². The summed E-state index contributed by atoms with van der Waals surface area (Å²) >= 11 is 0. The first-order valence-electron chi connectivity index (χ1n) is 11.0. The summed E-state index contributed by atoms with van der Waals surface area (Å²) in [4.78, 5) is 25.5. The number of hydrogen-bond acceptors (Lipinski definition) is 7. The average molecular weight is 453 g/mol. The summed E-state index contributed by atoms with van der Waals surface area (Å²) in [6, 6.07) is 6.84. The Balaban J connectivity index is 1.92. The Morgan fingerprint density at radius 1 is 1.03 bits per heavy atom. The number of rotatable bonds is 7. The first kappa shape index (κ1) is 22.7. The van der Waals surface area contributed by atoms with Gasteiger partial charge in [0.05, 0.1) is 38.7 Å². The van der Waals surface area contributed by atoms with Crippen molar-refractivity contribution in [3.8, 4) is 23.0 Å². The molecule has 7 nitrogen and oxygen atoms in total. The summed E-state index contributed by atoms with van der Waals surface area (Å²) in [6.07, 6.45) is 2.11. The van der Waals surface area contributed by atoms with E-state index in [2.05, 4.69) is 6.92 Å². The number of Topliss-reactive ketones (excluding diaryl/α,β-unsaturated/α-hetero) is 1. The lowest BCUT2D eigenvalue weighted by Gasteiger charge is -2.29. The second kappa shape index (κ2) is 9.17. The van der Waals surface area contributed by atoms with Crippen molar-refractivity contribution in [1.82, 2.24) is 0 Å². The molecule has 7 heteroatoms. The summed E-state index contributed by atoms with van der Waals surface area (Å²) in [5, 5.41) is 0.682. The monoisotopic (exact) mass is 452 g/mol. The molecular weight excluding hydrogens is 424 g/mol. The van der Waals surface area contributed by atoms with Gasteiger partial charge >= 0.3 is 5.63 Å². The number of fused-ring (bicyclic) bond motifs is 3. The molecule has 0 radical (unpaired) electrons. The predicted molar refractivity (Wildman–Crippen MR) is 124 cm³/mol. The second-order valence-electron chi connectivity index (χ2n) is 8.12. The number of unbranched alkanes of at least 4 members (excludes halogenated alkanes) is 1. The first-order chi connectivity index (χ1) is 15.9. The minimum absolute atomic E-state index is 0.0369. The van der Waals surface area contributed by atoms with Crippen LogP contribution in [-0.2, 0) is 6.42 Å². The van der Waals surface area contributed by atoms with Crippen LogP contribution in [0.2, 0.25) is 0 Å². The predicted octanol–water partition coefficient (Wildman–Crippen LogP) is 5.18. The summed E-state index contributed by atoms with van der Waals surface area (Å²) in [6.45, 7) is 3.92. The van der Waals surface area contributed by atoms with Gasteiger partial charge in [0.1, 0.15) is 17.4 Å². The van der Waals surface area contributed by atoms with Crippen molar-refractivity contribution < 1.29 is 28.2 Å². The molecule has 33 heavy (non-hydrogen) atoms. The fourth-order valence-electron chi connectivity index (χ4n) is 4.53. The van der Waals surface area contributed by atoms with E-state index in [1.54, 1.807) is 19.2 Å². The minimum atomic E-state index is -0.601. The average Bonchev–Trinajstić information content (AvgIpc) is 2.80. The Labute approximate surface area is 192 Å². The summed E-state index contributed by atoms with van der Waals surface area (Å²) in [5.41, 5.74) is 2.77. The van der Waals surface area contributed by atoms with Crippen molar-refractivity contribution in [2.75, 3.05) is 21.3 Å². The van der Waals surface area contributed by atoms with Crippen molar-refractivity contribution in [2.24, 2.45) is 0 Å². The molecule has 4 rings (SSSR count). The molecule has 0 bridgehead atoms. The van der Waals surface area contributed by atoms with E-state index in [9.17, 15) is 9.59 Å². The molecule has 0 spiro atoms. The Hall–Kier alpha value is -3.48. The van der Waals surface area contributed by atoms with E-state index in [0.29, 0.717) is 51.5 Å². The third kappa shape index (κ3) is 3.92. The topological polar surface area (TPSA) is 84.2 Å². The third-order valence-electron chi connectivity index (χ3n) is 6.06. The number of carbonyl (C=O) groups excluding carboxylic acids is 1. The molecule has 1 atom stereocenters. The number of carbonyl (C=O) groups is 1. The van der Waals surface area contributed by atoms with Crippen LogP contribution in [0.1, 0.15) is 59.3 Å². The molecule has 2 aromatic carbocycles. The normalized spacial score (nSPS) is 15.2. The van der Waals surface area contributed by atoms with E-state index < -0.39 is 11.7 Å². The van der Waals surface area contributed by atoms with Crippen molar-refractivity contribution in [3.05, 3.63) is 56.9 Å². The van der Waals surface area contributed by atoms with Gasteiger partial charge in [-0.25, -0.2) is 4.79 Å². The van der Waals surface area contributed by atoms with Gasteiger partial charge in [-0.05, 0) is 49.1 Å². The van der Waals surface area contributed by atoms with Crippen molar-refractivity contribution in [2.45, 2.75) is 45.6 Å². The van der Waals surface area contributed by atoms with Gasteiger partial charge in [-0.15, -0.1) is 0 Å². The number of benzene rings is 2. The Bertz CT molecular complexity index is 1270. The maximum Gasteiger partial charge on any atom is 0.336 e. The lowest BCUT2D eigenvalue weighted by atomic mass is 9.90. The molecule has 0 fully saturated rings. The molecule has 0 saturated carbocycles. The van der Waals surface area contributed by atoms with Crippen molar-refractivity contribution in [1.29, 1.82) is 0 Å². The molecule has 1 aromatic heterocycles. The molecule has 3 aromatic rings. The van der Waals surface area contributed by atoms with Crippen LogP contribution in [0.3, 0.4) is 0 Å². The van der Waals surface area contributed by atoms with E-state index in [4.69, 9.17) is 23.4 Å². The molecule has 0 N–H and O–H groups in total. The Kier molecular flexibility index (Phi) is 6.31. The fourth-order valence-corrected chi connectivity index (χ4v) is 4.53. The number of ether oxygens (including phenoxy) is 4. The van der Waals surface area contributed by atoms with Gasteiger partial charge in [0.2, 0.25) is 5.75 Å². The highest BCUT2D eigenvalue weighted by Gasteiger charge is 2.34. The van der Waals surface area contributed by atoms with Crippen LogP contribution in [0.4, 0.5) is 0 Å². The van der Waals surface area contributed by atoms with Crippen molar-refractivity contribution >= 4 is 16.8 Å². The van der Waals surface area contributed by atoms with Crippen LogP contribution in [0, 0.1) is 6.92 Å². The minimum Gasteiger partial charge on any atom is -0.493 e. The van der Waals surface area contributed by atoms with E-state index in [-0.39, 0.29) is 12.2 Å². The number of aryl methyl sites for hydroxylation is 2. The molecule has 2 heterocycles. The van der Waals surface area contributed by atoms with Crippen LogP contribution < -0.4 is 24.6 Å². The van der Waals surface area contributed by atoms with Gasteiger partial charge in [0.15, 0.2) is 17.3 Å². The highest BCUT2D eigenvalue weighted by Crippen LogP contribution is 2.48. The largest absolute Gasteiger partial charge is 0.493 e. The Morgan fingerprint density at radius 2 is 1.79 bits per heavy atom. The van der Waals surface area contributed by atoms with Crippen LogP contribution in [0.15, 0.2) is 33.5 Å². The Morgan fingerprint density at radius 3 is 2.45 bits per heavy atom. The second-order valence-corrected chi connectivity index (χ2v) is 8.12. The SMILES string of the molecule is CCCCc1cc(=O)oc2cc(C)c3c(c12)OC(c1ccc(OC)c(OC)c1OC)CC3=O. The molecule has 0 aliphatic carbocycles. The van der Waals surface area contributed by atoms with Crippen LogP contribution in [0.25, 0.3) is 11.0 Å². The van der Waals surface area contributed by atoms with Gasteiger partial charge in [-0.2, -0.15) is 0 Å². The van der Waals surface area contributed by atoms with Crippen LogP contribution in [-0.4, -0.2) is 27.1 Å². The summed E-state index contributed by atoms with van der Waals surface area (Å²) in [5.74, 6) is 1.82. The number of hydrogen-bond donors (Lipinski definition) is 0. The van der Waals surface area contributed by atoms with Crippen LogP contribution in [0.5, 0.6) is 23.0 Å². The van der Waals surface area contributed by atoms with Gasteiger partial charge in [0, 0.05) is 11.6 Å². The molecule has 0 amide bonds. The van der Waals surface area contributed by atoms with Gasteiger partial charge in [0.25, 0.3) is 0 Å². The number of ketones is 1. The smallest absolute Gasteiger partial charge is 0.336 e. The lowest BCUT2D eigenvalue weighted by Crippen LogP contribution is -2.23. The molecule has 1 unspecified atom stereocenters. The zero-order chi connectivity index (χ0) is 23.7. The quantitative estimate of drug-likeness (QED) is 0.457. The van der Waals surface area contributed by atoms with Gasteiger partial charge < -0.3 is 23.4 Å². The fraction of sp³-hybridized carbons (Fsp3) is 0.385. The highest BCUT2D eigenvalue weighted by atomic mass is 16.5. The summed E-state index contributed by atoms with van der Waals surface area (Å²) in [7, 11) is 4.62. The highest BCUT2D eigenvalue weighted by molar-refractivity contribution is 6.07. The maximum atomic E-state index is 13.3. The molecular formula is C26H28O7. The zero-order valence-electron chi connectivity index (χ0n) is 19.6. The standard InChI is InChI=1S/C26H28O7/c1-6-7-8-15-12-21(28)32-20-11-14(2)22-17(27)13-19(33-26(22)23(15)20)16-9-10-18(29-3)25(31-5)24(16)30-4/h9-12,19H,6-8,13H2,1-5H3. The third-order valence-corrected chi connectivity index (χ3v) is 6.06. The molecule has 1 aliphatic rings.